The van der Waals surface area contributed by atoms with Crippen molar-refractivity contribution in [2.45, 2.75) is 12.3 Å². The van der Waals surface area contributed by atoms with Gasteiger partial charge in [0, 0.05) is 16.3 Å². The van der Waals surface area contributed by atoms with Gasteiger partial charge in [0.25, 0.3) is 5.78 Å². The fraction of sp³-hybridized carbons (Fsp3) is 0.250. The lowest BCUT2D eigenvalue weighted by atomic mass is 10.0. The van der Waals surface area contributed by atoms with E-state index in [2.05, 4.69) is 26.1 Å². The Kier molecular flexibility index (Phi) is 3.76. The van der Waals surface area contributed by atoms with Gasteiger partial charge in [-0.3, -0.25) is 9.89 Å². The molecule has 0 unspecified atom stereocenters. The minimum atomic E-state index is -0.835. The van der Waals surface area contributed by atoms with Crippen molar-refractivity contribution >= 4 is 38.6 Å². The van der Waals surface area contributed by atoms with Crippen molar-refractivity contribution in [3.8, 4) is 0 Å². The minimum absolute atomic E-state index is 0.181. The van der Waals surface area contributed by atoms with Crippen LogP contribution in [-0.4, -0.2) is 28.6 Å². The van der Waals surface area contributed by atoms with E-state index in [0.29, 0.717) is 16.5 Å². The first-order valence-corrected chi connectivity index (χ1v) is 6.53. The summed E-state index contributed by atoms with van der Waals surface area (Å²) >= 11 is 3.32. The number of aromatic amines is 1. The lowest BCUT2D eigenvalue weighted by Crippen LogP contribution is -2.19. The fourth-order valence-corrected chi connectivity index (χ4v) is 2.31. The molecule has 0 aliphatic carbocycles. The molecule has 5 nitrogen and oxygen atoms in total. The number of H-pyrrole nitrogens is 1. The Morgan fingerprint density at radius 3 is 2.89 bits per heavy atom. The first-order valence-electron chi connectivity index (χ1n) is 5.41. The molecule has 0 amide bonds. The zero-order valence-corrected chi connectivity index (χ0v) is 11.3. The lowest BCUT2D eigenvalue weighted by molar-refractivity contribution is -0.137. The van der Waals surface area contributed by atoms with Crippen molar-refractivity contribution in [1.29, 1.82) is 0 Å². The third kappa shape index (κ3) is 2.15. The number of ether oxygens (including phenoxy) is 1. The van der Waals surface area contributed by atoms with E-state index in [9.17, 15) is 9.59 Å². The van der Waals surface area contributed by atoms with Crippen LogP contribution in [0.1, 0.15) is 22.8 Å². The number of carbonyl (C=O) groups excluding carboxylic acids is 2. The summed E-state index contributed by atoms with van der Waals surface area (Å²) in [5, 5.41) is 8.08. The zero-order chi connectivity index (χ0) is 13.1. The number of esters is 1. The van der Waals surface area contributed by atoms with E-state index in [0.717, 1.165) is 10.9 Å². The number of fused-ring (bicyclic) bond motifs is 1. The normalized spacial score (nSPS) is 10.6. The number of alkyl halides is 1. The summed E-state index contributed by atoms with van der Waals surface area (Å²) in [5.74, 6) is -1.47. The third-order valence-corrected chi connectivity index (χ3v) is 3.12. The van der Waals surface area contributed by atoms with E-state index in [-0.39, 0.29) is 6.61 Å². The van der Waals surface area contributed by atoms with E-state index in [1.54, 1.807) is 25.3 Å². The van der Waals surface area contributed by atoms with E-state index in [1.165, 1.54) is 0 Å². The maximum atomic E-state index is 12.0. The number of aromatic nitrogens is 2. The van der Waals surface area contributed by atoms with Gasteiger partial charge in [-0.1, -0.05) is 22.0 Å². The third-order valence-electron chi connectivity index (χ3n) is 2.56. The molecule has 0 saturated carbocycles. The summed E-state index contributed by atoms with van der Waals surface area (Å²) in [5.41, 5.74) is 1.80. The van der Waals surface area contributed by atoms with Crippen molar-refractivity contribution in [2.75, 3.05) is 6.61 Å². The molecular formula is C12H11BrN2O3. The number of nitrogens with zero attached hydrogens (tertiary/aromatic N) is 1. The smallest absolute Gasteiger partial charge is 0.379 e. The average molecular weight is 311 g/mol. The molecule has 2 rings (SSSR count). The summed E-state index contributed by atoms with van der Waals surface area (Å²) in [6.07, 6.45) is 1.67. The van der Waals surface area contributed by atoms with Crippen LogP contribution in [0.25, 0.3) is 10.9 Å². The molecule has 94 valence electrons. The van der Waals surface area contributed by atoms with Crippen molar-refractivity contribution < 1.29 is 14.3 Å². The Hall–Kier alpha value is -1.69. The van der Waals surface area contributed by atoms with Crippen LogP contribution >= 0.6 is 15.9 Å². The molecule has 1 N–H and O–H groups in total. The van der Waals surface area contributed by atoms with Gasteiger partial charge in [-0.25, -0.2) is 4.79 Å². The lowest BCUT2D eigenvalue weighted by Gasteiger charge is -2.06. The van der Waals surface area contributed by atoms with Gasteiger partial charge in [0.15, 0.2) is 0 Å². The topological polar surface area (TPSA) is 72.1 Å². The molecule has 1 aromatic heterocycles. The highest BCUT2D eigenvalue weighted by Gasteiger charge is 2.22. The molecular weight excluding hydrogens is 300 g/mol. The van der Waals surface area contributed by atoms with Crippen LogP contribution in [0.2, 0.25) is 0 Å². The highest BCUT2D eigenvalue weighted by atomic mass is 79.9. The van der Waals surface area contributed by atoms with E-state index >= 15 is 0 Å². The first-order chi connectivity index (χ1) is 8.69. The second kappa shape index (κ2) is 5.30. The Morgan fingerprint density at radius 2 is 2.22 bits per heavy atom. The van der Waals surface area contributed by atoms with Crippen LogP contribution in [-0.2, 0) is 14.9 Å². The average Bonchev–Trinajstić information content (AvgIpc) is 2.85. The van der Waals surface area contributed by atoms with Crippen LogP contribution in [0.5, 0.6) is 0 Å². The molecule has 18 heavy (non-hydrogen) atoms. The molecule has 0 bridgehead atoms. The SMILES string of the molecule is CCOC(=O)C(=O)c1ccc2cn[nH]c2c1CBr. The van der Waals surface area contributed by atoms with E-state index in [1.807, 2.05) is 0 Å². The summed E-state index contributed by atoms with van der Waals surface area (Å²) in [4.78, 5) is 23.4. The van der Waals surface area contributed by atoms with Crippen molar-refractivity contribution in [1.82, 2.24) is 10.2 Å². The molecule has 6 heteroatoms. The predicted octanol–water partition coefficient (Wildman–Crippen LogP) is 2.20. The number of hydrogen-bond donors (Lipinski definition) is 1. The van der Waals surface area contributed by atoms with Crippen molar-refractivity contribution in [3.05, 3.63) is 29.5 Å². The highest BCUT2D eigenvalue weighted by molar-refractivity contribution is 9.08. The zero-order valence-electron chi connectivity index (χ0n) is 9.70. The largest absolute Gasteiger partial charge is 0.460 e. The summed E-state index contributed by atoms with van der Waals surface area (Å²) in [7, 11) is 0. The number of benzene rings is 1. The molecule has 0 aliphatic rings. The standard InChI is InChI=1S/C12H11BrN2O3/c1-2-18-12(17)11(16)8-4-3-7-6-14-15-10(7)9(8)5-13/h3-4,6H,2,5H2,1H3,(H,14,15). The van der Waals surface area contributed by atoms with Crippen LogP contribution < -0.4 is 0 Å². The van der Waals surface area contributed by atoms with Gasteiger partial charge in [-0.05, 0) is 18.6 Å². The van der Waals surface area contributed by atoms with Crippen molar-refractivity contribution in [3.63, 3.8) is 0 Å². The fourth-order valence-electron chi connectivity index (χ4n) is 1.73. The number of halogens is 1. The van der Waals surface area contributed by atoms with Crippen LogP contribution in [0, 0.1) is 0 Å². The molecule has 0 saturated heterocycles. The molecule has 2 aromatic rings. The number of carbonyl (C=O) groups is 2. The van der Waals surface area contributed by atoms with Gasteiger partial charge in [0.1, 0.15) is 0 Å². The predicted molar refractivity (Wildman–Crippen MR) is 69.7 cm³/mol. The van der Waals surface area contributed by atoms with Gasteiger partial charge in [0.2, 0.25) is 0 Å². The number of rotatable bonds is 4. The van der Waals surface area contributed by atoms with Gasteiger partial charge < -0.3 is 4.74 Å². The number of Topliss-reactive ketones (excluding diaryl/α,β-unsaturated/α-hetero) is 1. The quantitative estimate of drug-likeness (QED) is 0.407. The number of nitrogens with one attached hydrogen (secondary N) is 1. The van der Waals surface area contributed by atoms with Gasteiger partial charge >= 0.3 is 5.97 Å². The summed E-state index contributed by atoms with van der Waals surface area (Å²) in [6.45, 7) is 1.84. The molecule has 1 aromatic carbocycles. The molecule has 0 spiro atoms. The van der Waals surface area contributed by atoms with Crippen LogP contribution in [0.3, 0.4) is 0 Å². The summed E-state index contributed by atoms with van der Waals surface area (Å²) in [6, 6.07) is 3.37. The van der Waals surface area contributed by atoms with E-state index < -0.39 is 11.8 Å². The highest BCUT2D eigenvalue weighted by Crippen LogP contribution is 2.23. The molecule has 0 atom stereocenters. The second-order valence-electron chi connectivity index (χ2n) is 3.61. The van der Waals surface area contributed by atoms with Crippen LogP contribution in [0.4, 0.5) is 0 Å². The maximum absolute atomic E-state index is 12.0. The number of hydrogen-bond acceptors (Lipinski definition) is 4. The molecule has 0 aliphatic heterocycles. The van der Waals surface area contributed by atoms with Gasteiger partial charge in [-0.2, -0.15) is 5.10 Å². The Balaban J connectivity index is 2.50. The molecule has 0 radical (unpaired) electrons. The van der Waals surface area contributed by atoms with Crippen molar-refractivity contribution in [2.24, 2.45) is 0 Å². The number of ketones is 1. The van der Waals surface area contributed by atoms with E-state index in [4.69, 9.17) is 4.74 Å². The maximum Gasteiger partial charge on any atom is 0.379 e. The van der Waals surface area contributed by atoms with Gasteiger partial charge in [-0.15, -0.1) is 0 Å². The monoisotopic (exact) mass is 310 g/mol. The first kappa shape index (κ1) is 12.8. The summed E-state index contributed by atoms with van der Waals surface area (Å²) < 4.78 is 4.72. The Bertz CT molecular complexity index is 606. The van der Waals surface area contributed by atoms with Gasteiger partial charge in [0.05, 0.1) is 18.3 Å². The Labute approximate surface area is 112 Å². The van der Waals surface area contributed by atoms with Crippen LogP contribution in [0.15, 0.2) is 18.3 Å². The minimum Gasteiger partial charge on any atom is -0.460 e. The Morgan fingerprint density at radius 1 is 1.44 bits per heavy atom. The second-order valence-corrected chi connectivity index (χ2v) is 4.17. The molecule has 1 heterocycles. The molecule has 0 fully saturated rings.